The summed E-state index contributed by atoms with van der Waals surface area (Å²) in [5, 5.41) is 3.17. The standard InChI is InChI=1S/C12H22N2O2/c1-13-7-9-5-11(6-9)16-8-12(15)14(2)10-3-4-10/h9-11,13H,3-8H2,1-2H3. The molecule has 2 rings (SSSR count). The van der Waals surface area contributed by atoms with Gasteiger partial charge in [0.25, 0.3) is 0 Å². The van der Waals surface area contributed by atoms with Crippen molar-refractivity contribution >= 4 is 5.91 Å². The van der Waals surface area contributed by atoms with Crippen LogP contribution in [0.25, 0.3) is 0 Å². The van der Waals surface area contributed by atoms with Crippen molar-refractivity contribution < 1.29 is 9.53 Å². The summed E-state index contributed by atoms with van der Waals surface area (Å²) >= 11 is 0. The van der Waals surface area contributed by atoms with Gasteiger partial charge in [-0.25, -0.2) is 0 Å². The molecule has 0 unspecified atom stereocenters. The number of nitrogens with zero attached hydrogens (tertiary/aromatic N) is 1. The minimum absolute atomic E-state index is 0.138. The summed E-state index contributed by atoms with van der Waals surface area (Å²) in [5.74, 6) is 0.880. The molecule has 2 saturated carbocycles. The minimum Gasteiger partial charge on any atom is -0.368 e. The van der Waals surface area contributed by atoms with E-state index in [1.807, 2.05) is 19.0 Å². The molecule has 0 spiro atoms. The van der Waals surface area contributed by atoms with E-state index < -0.39 is 0 Å². The summed E-state index contributed by atoms with van der Waals surface area (Å²) in [6.45, 7) is 1.33. The van der Waals surface area contributed by atoms with Gasteiger partial charge in [-0.3, -0.25) is 4.79 Å². The fourth-order valence-electron chi connectivity index (χ4n) is 2.22. The highest BCUT2D eigenvalue weighted by Crippen LogP contribution is 2.30. The molecule has 4 heteroatoms. The van der Waals surface area contributed by atoms with Crippen molar-refractivity contribution in [3.63, 3.8) is 0 Å². The van der Waals surface area contributed by atoms with Crippen LogP contribution in [0.5, 0.6) is 0 Å². The molecular formula is C12H22N2O2. The molecule has 1 N–H and O–H groups in total. The second kappa shape index (κ2) is 5.15. The molecule has 0 aliphatic heterocycles. The van der Waals surface area contributed by atoms with Gasteiger partial charge in [0.15, 0.2) is 0 Å². The van der Waals surface area contributed by atoms with Crippen molar-refractivity contribution in [3.05, 3.63) is 0 Å². The summed E-state index contributed by atoms with van der Waals surface area (Å²) in [7, 11) is 3.86. The molecule has 0 atom stereocenters. The molecule has 92 valence electrons. The van der Waals surface area contributed by atoms with Gasteiger partial charge in [-0.05, 0) is 45.2 Å². The molecule has 0 heterocycles. The Morgan fingerprint density at radius 2 is 2.12 bits per heavy atom. The number of carbonyl (C=O) groups is 1. The van der Waals surface area contributed by atoms with E-state index in [4.69, 9.17) is 4.74 Å². The van der Waals surface area contributed by atoms with E-state index in [1.54, 1.807) is 0 Å². The first-order valence-electron chi connectivity index (χ1n) is 6.22. The van der Waals surface area contributed by atoms with Crippen LogP contribution >= 0.6 is 0 Å². The van der Waals surface area contributed by atoms with E-state index in [0.29, 0.717) is 12.1 Å². The maximum Gasteiger partial charge on any atom is 0.248 e. The maximum atomic E-state index is 11.7. The average Bonchev–Trinajstić information content (AvgIpc) is 3.03. The first kappa shape index (κ1) is 11.9. The zero-order chi connectivity index (χ0) is 11.5. The van der Waals surface area contributed by atoms with E-state index in [2.05, 4.69) is 5.32 Å². The molecule has 2 fully saturated rings. The topological polar surface area (TPSA) is 41.6 Å². The van der Waals surface area contributed by atoms with Crippen LogP contribution in [0, 0.1) is 5.92 Å². The predicted octanol–water partition coefficient (Wildman–Crippen LogP) is 0.622. The van der Waals surface area contributed by atoms with Crippen LogP contribution in [0.3, 0.4) is 0 Å². The molecule has 0 aromatic rings. The molecule has 2 aliphatic carbocycles. The van der Waals surface area contributed by atoms with Gasteiger partial charge < -0.3 is 15.0 Å². The monoisotopic (exact) mass is 226 g/mol. The summed E-state index contributed by atoms with van der Waals surface area (Å²) in [6, 6.07) is 0.495. The molecule has 0 aromatic carbocycles. The number of rotatable bonds is 6. The summed E-state index contributed by atoms with van der Waals surface area (Å²) < 4.78 is 5.60. The van der Waals surface area contributed by atoms with Crippen molar-refractivity contribution in [2.24, 2.45) is 5.92 Å². The highest BCUT2D eigenvalue weighted by atomic mass is 16.5. The average molecular weight is 226 g/mol. The lowest BCUT2D eigenvalue weighted by molar-refractivity contribution is -0.140. The van der Waals surface area contributed by atoms with Crippen LogP contribution in [-0.4, -0.2) is 50.2 Å². The number of carbonyl (C=O) groups excluding carboxylic acids is 1. The van der Waals surface area contributed by atoms with Gasteiger partial charge >= 0.3 is 0 Å². The van der Waals surface area contributed by atoms with Gasteiger partial charge in [-0.1, -0.05) is 0 Å². The lowest BCUT2D eigenvalue weighted by atomic mass is 9.82. The smallest absolute Gasteiger partial charge is 0.248 e. The summed E-state index contributed by atoms with van der Waals surface area (Å²) in [5.41, 5.74) is 0. The van der Waals surface area contributed by atoms with Crippen molar-refractivity contribution in [1.29, 1.82) is 0 Å². The van der Waals surface area contributed by atoms with Crippen LogP contribution in [-0.2, 0) is 9.53 Å². The third-order valence-corrected chi connectivity index (χ3v) is 3.62. The zero-order valence-electron chi connectivity index (χ0n) is 10.2. The Labute approximate surface area is 97.3 Å². The van der Waals surface area contributed by atoms with Gasteiger partial charge in [0.1, 0.15) is 6.61 Å². The van der Waals surface area contributed by atoms with E-state index in [0.717, 1.165) is 38.1 Å². The molecular weight excluding hydrogens is 204 g/mol. The molecule has 0 bridgehead atoms. The molecule has 0 radical (unpaired) electrons. The van der Waals surface area contributed by atoms with Crippen LogP contribution in [0.4, 0.5) is 0 Å². The van der Waals surface area contributed by atoms with E-state index in [-0.39, 0.29) is 12.5 Å². The molecule has 0 saturated heterocycles. The lowest BCUT2D eigenvalue weighted by Gasteiger charge is -2.35. The fraction of sp³-hybridized carbons (Fsp3) is 0.917. The van der Waals surface area contributed by atoms with Gasteiger partial charge in [0, 0.05) is 13.1 Å². The largest absolute Gasteiger partial charge is 0.368 e. The Balaban J connectivity index is 1.56. The highest BCUT2D eigenvalue weighted by molar-refractivity contribution is 5.77. The van der Waals surface area contributed by atoms with Gasteiger partial charge in [0.05, 0.1) is 6.10 Å². The normalized spacial score (nSPS) is 28.6. The third kappa shape index (κ3) is 2.95. The van der Waals surface area contributed by atoms with E-state index in [9.17, 15) is 4.79 Å². The molecule has 1 amide bonds. The van der Waals surface area contributed by atoms with Crippen LogP contribution < -0.4 is 5.32 Å². The Morgan fingerprint density at radius 3 is 2.69 bits per heavy atom. The number of hydrogen-bond donors (Lipinski definition) is 1. The summed E-state index contributed by atoms with van der Waals surface area (Å²) in [4.78, 5) is 13.5. The van der Waals surface area contributed by atoms with E-state index >= 15 is 0 Å². The van der Waals surface area contributed by atoms with Crippen molar-refractivity contribution in [1.82, 2.24) is 10.2 Å². The first-order chi connectivity index (χ1) is 7.70. The summed E-state index contributed by atoms with van der Waals surface area (Å²) in [6.07, 6.45) is 4.84. The number of nitrogens with one attached hydrogen (secondary N) is 1. The van der Waals surface area contributed by atoms with E-state index in [1.165, 1.54) is 0 Å². The van der Waals surface area contributed by atoms with Crippen molar-refractivity contribution in [3.8, 4) is 0 Å². The number of likely N-dealkylation sites (N-methyl/N-ethyl adjacent to an activating group) is 1. The SMILES string of the molecule is CNCC1CC(OCC(=O)N(C)C2CC2)C1. The molecule has 16 heavy (non-hydrogen) atoms. The van der Waals surface area contributed by atoms with Crippen LogP contribution in [0.2, 0.25) is 0 Å². The van der Waals surface area contributed by atoms with Crippen molar-refractivity contribution in [2.75, 3.05) is 27.2 Å². The minimum atomic E-state index is 0.138. The predicted molar refractivity (Wildman–Crippen MR) is 62.2 cm³/mol. The second-order valence-corrected chi connectivity index (χ2v) is 5.06. The second-order valence-electron chi connectivity index (χ2n) is 5.06. The first-order valence-corrected chi connectivity index (χ1v) is 6.22. The zero-order valence-corrected chi connectivity index (χ0v) is 10.2. The third-order valence-electron chi connectivity index (χ3n) is 3.62. The molecule has 0 aromatic heterocycles. The van der Waals surface area contributed by atoms with Crippen LogP contribution in [0.1, 0.15) is 25.7 Å². The molecule has 2 aliphatic rings. The highest BCUT2D eigenvalue weighted by Gasteiger charge is 2.32. The fourth-order valence-corrected chi connectivity index (χ4v) is 2.22. The lowest BCUT2D eigenvalue weighted by Crippen LogP contribution is -2.40. The van der Waals surface area contributed by atoms with Gasteiger partial charge in [-0.2, -0.15) is 0 Å². The Hall–Kier alpha value is -0.610. The number of amides is 1. The molecule has 4 nitrogen and oxygen atoms in total. The van der Waals surface area contributed by atoms with Crippen molar-refractivity contribution in [2.45, 2.75) is 37.8 Å². The Morgan fingerprint density at radius 1 is 1.44 bits per heavy atom. The Bertz CT molecular complexity index is 247. The van der Waals surface area contributed by atoms with Gasteiger partial charge in [0.2, 0.25) is 5.91 Å². The maximum absolute atomic E-state index is 11.7. The Kier molecular flexibility index (Phi) is 3.82. The number of hydrogen-bond acceptors (Lipinski definition) is 3. The number of ether oxygens (including phenoxy) is 1. The van der Waals surface area contributed by atoms with Gasteiger partial charge in [-0.15, -0.1) is 0 Å². The quantitative estimate of drug-likeness (QED) is 0.722. The van der Waals surface area contributed by atoms with Crippen LogP contribution in [0.15, 0.2) is 0 Å².